The Bertz CT molecular complexity index is 1370. The quantitative estimate of drug-likeness (QED) is 0.332. The lowest BCUT2D eigenvalue weighted by Crippen LogP contribution is -2.33. The third kappa shape index (κ3) is 4.88. The van der Waals surface area contributed by atoms with E-state index >= 15 is 0 Å². The summed E-state index contributed by atoms with van der Waals surface area (Å²) in [5, 5.41) is 7.10. The van der Waals surface area contributed by atoms with E-state index in [1.807, 2.05) is 61.5 Å². The van der Waals surface area contributed by atoms with Crippen molar-refractivity contribution < 1.29 is 4.79 Å². The molecule has 4 aromatic rings. The van der Waals surface area contributed by atoms with Crippen molar-refractivity contribution in [2.75, 3.05) is 11.9 Å². The lowest BCUT2D eigenvalue weighted by Gasteiger charge is -2.29. The van der Waals surface area contributed by atoms with Crippen LogP contribution >= 0.6 is 12.2 Å². The van der Waals surface area contributed by atoms with Crippen LogP contribution in [0.4, 0.5) is 5.69 Å². The summed E-state index contributed by atoms with van der Waals surface area (Å²) in [6.07, 6.45) is 4.19. The highest BCUT2D eigenvalue weighted by molar-refractivity contribution is 7.80. The van der Waals surface area contributed by atoms with Crippen LogP contribution in [0.15, 0.2) is 91.3 Å². The zero-order chi connectivity index (χ0) is 25.1. The molecule has 0 bridgehead atoms. The normalized spacial score (nSPS) is 17.2. The predicted molar refractivity (Wildman–Crippen MR) is 147 cm³/mol. The van der Waals surface area contributed by atoms with Gasteiger partial charge in [0.1, 0.15) is 0 Å². The number of aromatic nitrogens is 2. The fourth-order valence-electron chi connectivity index (χ4n) is 4.74. The fourth-order valence-corrected chi connectivity index (χ4v) is 5.07. The number of para-hydroxylation sites is 1. The molecule has 0 aliphatic carbocycles. The molecule has 1 saturated heterocycles. The molecule has 3 heterocycles. The minimum absolute atomic E-state index is 0.0454. The van der Waals surface area contributed by atoms with E-state index in [2.05, 4.69) is 62.5 Å². The first-order chi connectivity index (χ1) is 17.5. The highest BCUT2D eigenvalue weighted by Crippen LogP contribution is 2.39. The van der Waals surface area contributed by atoms with Crippen LogP contribution in [0.1, 0.15) is 41.0 Å². The van der Waals surface area contributed by atoms with E-state index in [1.165, 1.54) is 5.56 Å². The van der Waals surface area contributed by atoms with Gasteiger partial charge in [-0.25, -0.2) is 0 Å². The number of benzene rings is 2. The second kappa shape index (κ2) is 10.3. The van der Waals surface area contributed by atoms with Gasteiger partial charge in [-0.3, -0.25) is 9.78 Å². The molecule has 36 heavy (non-hydrogen) atoms. The Morgan fingerprint density at radius 2 is 1.78 bits per heavy atom. The van der Waals surface area contributed by atoms with Crippen LogP contribution in [0.5, 0.6) is 0 Å². The number of nitrogens with one attached hydrogen (secondary N) is 2. The van der Waals surface area contributed by atoms with E-state index in [0.29, 0.717) is 18.1 Å². The molecule has 5 rings (SSSR count). The first-order valence-electron chi connectivity index (χ1n) is 12.1. The second-order valence-corrected chi connectivity index (χ2v) is 9.46. The number of rotatable bonds is 7. The maximum Gasteiger partial charge on any atom is 0.226 e. The zero-order valence-electron chi connectivity index (χ0n) is 20.4. The van der Waals surface area contributed by atoms with E-state index in [-0.39, 0.29) is 18.0 Å². The van der Waals surface area contributed by atoms with Gasteiger partial charge in [0.25, 0.3) is 0 Å². The van der Waals surface area contributed by atoms with Gasteiger partial charge in [0.05, 0.1) is 17.8 Å². The van der Waals surface area contributed by atoms with Gasteiger partial charge in [0, 0.05) is 42.4 Å². The average Bonchev–Trinajstić information content (AvgIpc) is 3.49. The van der Waals surface area contributed by atoms with E-state index < -0.39 is 0 Å². The van der Waals surface area contributed by atoms with Gasteiger partial charge >= 0.3 is 0 Å². The lowest BCUT2D eigenvalue weighted by molar-refractivity contribution is -0.116. The molecule has 1 aliphatic rings. The van der Waals surface area contributed by atoms with Crippen molar-refractivity contribution >= 4 is 28.9 Å². The van der Waals surface area contributed by atoms with Crippen molar-refractivity contribution in [3.63, 3.8) is 0 Å². The van der Waals surface area contributed by atoms with Crippen LogP contribution in [-0.4, -0.2) is 32.0 Å². The van der Waals surface area contributed by atoms with Gasteiger partial charge in [-0.1, -0.05) is 42.0 Å². The van der Waals surface area contributed by atoms with Crippen molar-refractivity contribution in [2.24, 2.45) is 0 Å². The number of thiocarbonyl (C=S) groups is 1. The van der Waals surface area contributed by atoms with E-state index in [4.69, 9.17) is 12.2 Å². The Kier molecular flexibility index (Phi) is 6.82. The van der Waals surface area contributed by atoms with Gasteiger partial charge < -0.3 is 20.1 Å². The van der Waals surface area contributed by atoms with Crippen molar-refractivity contribution in [3.05, 3.63) is 114 Å². The summed E-state index contributed by atoms with van der Waals surface area (Å²) >= 11 is 5.80. The highest BCUT2D eigenvalue weighted by atomic mass is 32.1. The van der Waals surface area contributed by atoms with Crippen LogP contribution in [-0.2, 0) is 4.79 Å². The SMILES string of the molecule is Cc1ccc(NC(=O)CCN2C(=S)NC(c3ccccn3)C2c2cccn2-c2ccccc2C)cc1. The number of amides is 1. The van der Waals surface area contributed by atoms with Crippen LogP contribution in [0.2, 0.25) is 0 Å². The molecule has 2 N–H and O–H groups in total. The lowest BCUT2D eigenvalue weighted by atomic mass is 10.0. The Morgan fingerprint density at radius 1 is 1.00 bits per heavy atom. The summed E-state index contributed by atoms with van der Waals surface area (Å²) < 4.78 is 2.21. The standard InChI is InChI=1S/C29H29N5OS/c1-20-12-14-22(15-13-20)31-26(35)16-19-34-28(27(32-29(34)36)23-9-5-6-17-30-23)25-11-7-18-33(25)24-10-4-3-8-21(24)2/h3-15,17-18,27-28H,16,19H2,1-2H3,(H,31,35)(H,32,36). The number of nitrogens with zero attached hydrogens (tertiary/aromatic N) is 3. The molecular formula is C29H29N5OS. The molecule has 7 heteroatoms. The second-order valence-electron chi connectivity index (χ2n) is 9.07. The summed E-state index contributed by atoms with van der Waals surface area (Å²) in [6.45, 7) is 4.62. The first-order valence-corrected chi connectivity index (χ1v) is 12.5. The first kappa shape index (κ1) is 23.8. The minimum Gasteiger partial charge on any atom is -0.352 e. The third-order valence-corrected chi connectivity index (χ3v) is 6.92. The fraction of sp³-hybridized carbons (Fsp3) is 0.207. The van der Waals surface area contributed by atoms with Crippen molar-refractivity contribution in [1.29, 1.82) is 0 Å². The molecule has 6 nitrogen and oxygen atoms in total. The van der Waals surface area contributed by atoms with Crippen LogP contribution in [0.25, 0.3) is 5.69 Å². The zero-order valence-corrected chi connectivity index (χ0v) is 21.2. The summed E-state index contributed by atoms with van der Waals surface area (Å²) in [6, 6.07) is 26.0. The van der Waals surface area contributed by atoms with Gasteiger partial charge in [-0.05, 0) is 74.1 Å². The number of aryl methyl sites for hydroxylation is 2. The largest absolute Gasteiger partial charge is 0.352 e. The van der Waals surface area contributed by atoms with Gasteiger partial charge in [-0.15, -0.1) is 0 Å². The maximum absolute atomic E-state index is 12.8. The molecule has 0 spiro atoms. The Hall–Kier alpha value is -3.97. The molecule has 0 saturated carbocycles. The number of carbonyl (C=O) groups is 1. The molecule has 2 unspecified atom stereocenters. The Labute approximate surface area is 217 Å². The number of carbonyl (C=O) groups excluding carboxylic acids is 1. The molecule has 1 amide bonds. The smallest absolute Gasteiger partial charge is 0.226 e. The summed E-state index contributed by atoms with van der Waals surface area (Å²) in [4.78, 5) is 19.6. The average molecular weight is 496 g/mol. The Morgan fingerprint density at radius 3 is 2.53 bits per heavy atom. The predicted octanol–water partition coefficient (Wildman–Crippen LogP) is 5.49. The minimum atomic E-state index is -0.142. The van der Waals surface area contributed by atoms with Gasteiger partial charge in [0.2, 0.25) is 5.91 Å². The molecular weight excluding hydrogens is 466 g/mol. The number of anilines is 1. The monoisotopic (exact) mass is 495 g/mol. The van der Waals surface area contributed by atoms with E-state index in [9.17, 15) is 4.79 Å². The summed E-state index contributed by atoms with van der Waals surface area (Å²) in [5.41, 5.74) is 6.25. The molecule has 0 radical (unpaired) electrons. The van der Waals surface area contributed by atoms with Crippen molar-refractivity contribution in [3.8, 4) is 5.69 Å². The maximum atomic E-state index is 12.8. The number of hydrogen-bond donors (Lipinski definition) is 2. The van der Waals surface area contributed by atoms with Crippen LogP contribution in [0.3, 0.4) is 0 Å². The van der Waals surface area contributed by atoms with E-state index in [1.54, 1.807) is 6.20 Å². The van der Waals surface area contributed by atoms with Gasteiger partial charge in [0.15, 0.2) is 5.11 Å². The number of pyridine rings is 1. The number of hydrogen-bond acceptors (Lipinski definition) is 3. The molecule has 182 valence electrons. The van der Waals surface area contributed by atoms with E-state index in [0.717, 1.165) is 28.3 Å². The van der Waals surface area contributed by atoms with Crippen molar-refractivity contribution in [2.45, 2.75) is 32.4 Å². The third-order valence-electron chi connectivity index (χ3n) is 6.57. The van der Waals surface area contributed by atoms with Crippen LogP contribution in [0, 0.1) is 13.8 Å². The van der Waals surface area contributed by atoms with Crippen molar-refractivity contribution in [1.82, 2.24) is 19.8 Å². The molecule has 1 fully saturated rings. The topological polar surface area (TPSA) is 62.2 Å². The summed E-state index contributed by atoms with van der Waals surface area (Å²) in [7, 11) is 0. The highest BCUT2D eigenvalue weighted by Gasteiger charge is 2.41. The van der Waals surface area contributed by atoms with Gasteiger partial charge in [-0.2, -0.15) is 0 Å². The molecule has 2 aromatic carbocycles. The van der Waals surface area contributed by atoms with Crippen LogP contribution < -0.4 is 10.6 Å². The summed E-state index contributed by atoms with van der Waals surface area (Å²) in [5.74, 6) is -0.0454. The molecule has 1 aliphatic heterocycles. The molecule has 2 aromatic heterocycles. The Balaban J connectivity index is 1.44. The molecule has 2 atom stereocenters.